The zero-order valence-electron chi connectivity index (χ0n) is 5.61. The fraction of sp³-hybridized carbons (Fsp3) is 0.857. The van der Waals surface area contributed by atoms with Crippen molar-refractivity contribution in [3.8, 4) is 6.07 Å². The van der Waals surface area contributed by atoms with E-state index in [-0.39, 0.29) is 0 Å². The summed E-state index contributed by atoms with van der Waals surface area (Å²) in [4.78, 5) is 0. The van der Waals surface area contributed by atoms with E-state index >= 15 is 0 Å². The Morgan fingerprint density at radius 1 is 1.50 bits per heavy atom. The van der Waals surface area contributed by atoms with E-state index in [9.17, 15) is 8.78 Å². The zero-order chi connectivity index (χ0) is 7.61. The first-order chi connectivity index (χ1) is 4.67. The second-order valence-corrected chi connectivity index (χ2v) is 2.72. The van der Waals surface area contributed by atoms with Crippen molar-refractivity contribution in [1.82, 2.24) is 0 Å². The predicted octanol–water partition coefficient (Wildman–Crippen LogP) is 2.34. The van der Waals surface area contributed by atoms with Crippen LogP contribution in [0.1, 0.15) is 25.7 Å². The van der Waals surface area contributed by atoms with Gasteiger partial charge in [-0.3, -0.25) is 0 Å². The monoisotopic (exact) mass is 145 g/mol. The van der Waals surface area contributed by atoms with Crippen LogP contribution >= 0.6 is 0 Å². The van der Waals surface area contributed by atoms with Crippen LogP contribution in [0.3, 0.4) is 0 Å². The maximum absolute atomic E-state index is 12.6. The van der Waals surface area contributed by atoms with Gasteiger partial charge in [-0.05, 0) is 12.8 Å². The molecular formula is C7H9F2N. The molecule has 1 rings (SSSR count). The molecule has 0 aromatic rings. The standard InChI is InChI=1S/C7H9F2N/c8-7(9,4-5-10)6-2-1-3-6/h6H,1-4H2. The van der Waals surface area contributed by atoms with E-state index in [0.717, 1.165) is 6.42 Å². The highest BCUT2D eigenvalue weighted by Gasteiger charge is 2.42. The summed E-state index contributed by atoms with van der Waals surface area (Å²) in [5.74, 6) is -3.22. The van der Waals surface area contributed by atoms with Crippen molar-refractivity contribution in [3.05, 3.63) is 0 Å². The van der Waals surface area contributed by atoms with Crippen LogP contribution in [-0.4, -0.2) is 5.92 Å². The highest BCUT2D eigenvalue weighted by atomic mass is 19.3. The first-order valence-electron chi connectivity index (χ1n) is 3.41. The van der Waals surface area contributed by atoms with Crippen molar-refractivity contribution in [2.45, 2.75) is 31.6 Å². The van der Waals surface area contributed by atoms with Crippen molar-refractivity contribution in [3.63, 3.8) is 0 Å². The van der Waals surface area contributed by atoms with Crippen molar-refractivity contribution in [2.24, 2.45) is 5.92 Å². The third-order valence-corrected chi connectivity index (χ3v) is 2.02. The summed E-state index contributed by atoms with van der Waals surface area (Å²) >= 11 is 0. The van der Waals surface area contributed by atoms with Gasteiger partial charge in [0.05, 0.1) is 12.5 Å². The second kappa shape index (κ2) is 2.53. The molecule has 1 nitrogen and oxygen atoms in total. The van der Waals surface area contributed by atoms with Crippen LogP contribution in [0.5, 0.6) is 0 Å². The third kappa shape index (κ3) is 1.26. The highest BCUT2D eigenvalue weighted by Crippen LogP contribution is 2.41. The van der Waals surface area contributed by atoms with Gasteiger partial charge in [0.1, 0.15) is 0 Å². The van der Waals surface area contributed by atoms with E-state index in [4.69, 9.17) is 5.26 Å². The van der Waals surface area contributed by atoms with Gasteiger partial charge < -0.3 is 0 Å². The minimum Gasteiger partial charge on any atom is -0.205 e. The molecular weight excluding hydrogens is 136 g/mol. The Labute approximate surface area is 58.6 Å². The quantitative estimate of drug-likeness (QED) is 0.585. The Morgan fingerprint density at radius 3 is 2.40 bits per heavy atom. The van der Waals surface area contributed by atoms with Gasteiger partial charge in [0, 0.05) is 5.92 Å². The number of rotatable bonds is 2. The fourth-order valence-corrected chi connectivity index (χ4v) is 1.08. The number of nitrogens with zero attached hydrogens (tertiary/aromatic N) is 1. The molecule has 1 fully saturated rings. The maximum atomic E-state index is 12.6. The Bertz CT molecular complexity index is 155. The molecule has 1 aliphatic carbocycles. The molecule has 0 amide bonds. The van der Waals surface area contributed by atoms with Crippen molar-refractivity contribution < 1.29 is 8.78 Å². The van der Waals surface area contributed by atoms with Gasteiger partial charge in [-0.1, -0.05) is 6.42 Å². The van der Waals surface area contributed by atoms with Gasteiger partial charge in [-0.2, -0.15) is 5.26 Å². The van der Waals surface area contributed by atoms with E-state index in [1.165, 1.54) is 6.07 Å². The summed E-state index contributed by atoms with van der Waals surface area (Å²) < 4.78 is 25.3. The third-order valence-electron chi connectivity index (χ3n) is 2.02. The summed E-state index contributed by atoms with van der Waals surface area (Å²) in [6.45, 7) is 0. The van der Waals surface area contributed by atoms with Crippen LogP contribution in [0.25, 0.3) is 0 Å². The number of alkyl halides is 2. The van der Waals surface area contributed by atoms with E-state index in [1.54, 1.807) is 0 Å². The average molecular weight is 145 g/mol. The van der Waals surface area contributed by atoms with Gasteiger partial charge >= 0.3 is 0 Å². The number of hydrogen-bond donors (Lipinski definition) is 0. The lowest BCUT2D eigenvalue weighted by Gasteiger charge is -2.31. The topological polar surface area (TPSA) is 23.8 Å². The largest absolute Gasteiger partial charge is 0.263 e. The molecule has 10 heavy (non-hydrogen) atoms. The summed E-state index contributed by atoms with van der Waals surface area (Å²) in [6, 6.07) is 1.51. The Hall–Kier alpha value is -0.650. The first kappa shape index (κ1) is 7.46. The van der Waals surface area contributed by atoms with Gasteiger partial charge in [-0.25, -0.2) is 8.78 Å². The maximum Gasteiger partial charge on any atom is 0.263 e. The lowest BCUT2D eigenvalue weighted by Crippen LogP contribution is -2.32. The Balaban J connectivity index is 2.42. The van der Waals surface area contributed by atoms with Gasteiger partial charge in [0.25, 0.3) is 5.92 Å². The predicted molar refractivity (Wildman–Crippen MR) is 32.5 cm³/mol. The van der Waals surface area contributed by atoms with Gasteiger partial charge in [0.2, 0.25) is 0 Å². The normalized spacial score (nSPS) is 19.7. The van der Waals surface area contributed by atoms with Gasteiger partial charge in [0.15, 0.2) is 0 Å². The first-order valence-corrected chi connectivity index (χ1v) is 3.41. The lowest BCUT2D eigenvalue weighted by atomic mass is 9.79. The fourth-order valence-electron chi connectivity index (χ4n) is 1.08. The minimum atomic E-state index is -2.72. The highest BCUT2D eigenvalue weighted by molar-refractivity contribution is 4.90. The van der Waals surface area contributed by atoms with Gasteiger partial charge in [-0.15, -0.1) is 0 Å². The number of nitriles is 1. The molecule has 0 radical (unpaired) electrons. The average Bonchev–Trinajstić information content (AvgIpc) is 1.56. The van der Waals surface area contributed by atoms with Crippen molar-refractivity contribution in [2.75, 3.05) is 0 Å². The van der Waals surface area contributed by atoms with E-state index in [2.05, 4.69) is 0 Å². The molecule has 0 spiro atoms. The van der Waals surface area contributed by atoms with Crippen molar-refractivity contribution >= 4 is 0 Å². The van der Waals surface area contributed by atoms with E-state index in [0.29, 0.717) is 12.8 Å². The molecule has 3 heteroatoms. The number of halogens is 2. The molecule has 0 atom stereocenters. The minimum absolute atomic E-state index is 0.507. The molecule has 0 saturated heterocycles. The Kier molecular flexibility index (Phi) is 1.89. The van der Waals surface area contributed by atoms with Crippen LogP contribution in [0.15, 0.2) is 0 Å². The summed E-state index contributed by atoms with van der Waals surface area (Å²) in [6.07, 6.45) is 1.46. The molecule has 0 aromatic heterocycles. The summed E-state index contributed by atoms with van der Waals surface area (Å²) in [5.41, 5.74) is 0. The number of hydrogen-bond acceptors (Lipinski definition) is 1. The molecule has 0 heterocycles. The van der Waals surface area contributed by atoms with Crippen LogP contribution in [0.4, 0.5) is 8.78 Å². The zero-order valence-corrected chi connectivity index (χ0v) is 5.61. The molecule has 1 aliphatic rings. The van der Waals surface area contributed by atoms with Crippen LogP contribution in [0.2, 0.25) is 0 Å². The van der Waals surface area contributed by atoms with E-state index < -0.39 is 18.3 Å². The molecule has 56 valence electrons. The molecule has 0 bridgehead atoms. The molecule has 0 N–H and O–H groups in total. The van der Waals surface area contributed by atoms with Crippen LogP contribution in [0, 0.1) is 17.2 Å². The Morgan fingerprint density at radius 2 is 2.10 bits per heavy atom. The second-order valence-electron chi connectivity index (χ2n) is 2.72. The molecule has 1 saturated carbocycles. The summed E-state index contributed by atoms with van der Waals surface area (Å²) in [5, 5.41) is 8.04. The van der Waals surface area contributed by atoms with Crippen LogP contribution < -0.4 is 0 Å². The van der Waals surface area contributed by atoms with E-state index in [1.807, 2.05) is 0 Å². The SMILES string of the molecule is N#CCC(F)(F)C1CCC1. The summed E-state index contributed by atoms with van der Waals surface area (Å²) in [7, 11) is 0. The smallest absolute Gasteiger partial charge is 0.205 e. The molecule has 0 aromatic carbocycles. The molecule has 0 unspecified atom stereocenters. The van der Waals surface area contributed by atoms with Crippen molar-refractivity contribution in [1.29, 1.82) is 5.26 Å². The van der Waals surface area contributed by atoms with Crippen LogP contribution in [-0.2, 0) is 0 Å². The molecule has 0 aliphatic heterocycles. The lowest BCUT2D eigenvalue weighted by molar-refractivity contribution is -0.0826.